The monoisotopic (exact) mass is 161 g/mol. The SMILES string of the molecule is COc1cccc2o[c]c(C)c12. The van der Waals surface area contributed by atoms with Gasteiger partial charge in [-0.3, -0.25) is 0 Å². The first-order valence-corrected chi connectivity index (χ1v) is 3.76. The molecule has 61 valence electrons. The van der Waals surface area contributed by atoms with E-state index in [0.29, 0.717) is 0 Å². The summed E-state index contributed by atoms with van der Waals surface area (Å²) in [6, 6.07) is 5.72. The molecule has 0 aliphatic heterocycles. The first-order valence-electron chi connectivity index (χ1n) is 3.76. The van der Waals surface area contributed by atoms with Gasteiger partial charge in [0.05, 0.1) is 12.5 Å². The van der Waals surface area contributed by atoms with E-state index in [4.69, 9.17) is 9.15 Å². The molecule has 2 aromatic rings. The van der Waals surface area contributed by atoms with Gasteiger partial charge in [-0.15, -0.1) is 0 Å². The standard InChI is InChI=1S/C10H9O2/c1-7-6-12-9-5-3-4-8(11-2)10(7)9/h3-5H,1-2H3. The molecule has 12 heavy (non-hydrogen) atoms. The Kier molecular flexibility index (Phi) is 1.54. The van der Waals surface area contributed by atoms with E-state index in [1.54, 1.807) is 7.11 Å². The molecule has 1 aromatic heterocycles. The summed E-state index contributed by atoms with van der Waals surface area (Å²) in [5, 5.41) is 1.01. The van der Waals surface area contributed by atoms with Crippen molar-refractivity contribution in [2.45, 2.75) is 6.92 Å². The van der Waals surface area contributed by atoms with Gasteiger partial charge in [-0.2, -0.15) is 0 Å². The summed E-state index contributed by atoms with van der Waals surface area (Å²) in [7, 11) is 1.65. The fourth-order valence-corrected chi connectivity index (χ4v) is 1.32. The second kappa shape index (κ2) is 2.55. The Bertz CT molecular complexity index is 401. The Labute approximate surface area is 70.8 Å². The highest BCUT2D eigenvalue weighted by molar-refractivity contribution is 5.86. The normalized spacial score (nSPS) is 10.5. The maximum atomic E-state index is 5.19. The van der Waals surface area contributed by atoms with E-state index in [1.165, 1.54) is 0 Å². The van der Waals surface area contributed by atoms with Crippen LogP contribution in [-0.4, -0.2) is 7.11 Å². The van der Waals surface area contributed by atoms with Crippen molar-refractivity contribution < 1.29 is 9.15 Å². The molecular weight excluding hydrogens is 152 g/mol. The molecule has 0 N–H and O–H groups in total. The third-order valence-corrected chi connectivity index (χ3v) is 1.90. The highest BCUT2D eigenvalue weighted by Gasteiger charge is 2.06. The quantitative estimate of drug-likeness (QED) is 0.641. The lowest BCUT2D eigenvalue weighted by atomic mass is 10.2. The highest BCUT2D eigenvalue weighted by Crippen LogP contribution is 2.28. The molecule has 0 saturated heterocycles. The first kappa shape index (κ1) is 7.22. The van der Waals surface area contributed by atoms with Gasteiger partial charge in [0, 0.05) is 5.56 Å². The number of fused-ring (bicyclic) bond motifs is 1. The summed E-state index contributed by atoms with van der Waals surface area (Å²) in [6.07, 6.45) is 2.80. The number of furan rings is 1. The van der Waals surface area contributed by atoms with Crippen LogP contribution in [0.3, 0.4) is 0 Å². The largest absolute Gasteiger partial charge is 0.496 e. The number of methoxy groups -OCH3 is 1. The number of benzene rings is 1. The summed E-state index contributed by atoms with van der Waals surface area (Å²) in [6.45, 7) is 1.95. The zero-order valence-corrected chi connectivity index (χ0v) is 7.05. The van der Waals surface area contributed by atoms with Crippen LogP contribution in [0.1, 0.15) is 5.56 Å². The Morgan fingerprint density at radius 2 is 2.25 bits per heavy atom. The van der Waals surface area contributed by atoms with Gasteiger partial charge in [0.15, 0.2) is 6.26 Å². The molecule has 0 aliphatic rings. The molecule has 0 bridgehead atoms. The molecule has 1 aromatic carbocycles. The van der Waals surface area contributed by atoms with Crippen LogP contribution < -0.4 is 4.74 Å². The van der Waals surface area contributed by atoms with Crippen LogP contribution in [0.25, 0.3) is 11.0 Å². The highest BCUT2D eigenvalue weighted by atomic mass is 16.5. The van der Waals surface area contributed by atoms with Crippen LogP contribution in [-0.2, 0) is 0 Å². The van der Waals surface area contributed by atoms with Crippen molar-refractivity contribution in [3.8, 4) is 5.75 Å². The Morgan fingerprint density at radius 1 is 1.42 bits per heavy atom. The summed E-state index contributed by atoms with van der Waals surface area (Å²) >= 11 is 0. The molecule has 0 amide bonds. The van der Waals surface area contributed by atoms with Gasteiger partial charge in [0.1, 0.15) is 11.3 Å². The van der Waals surface area contributed by atoms with E-state index >= 15 is 0 Å². The fourth-order valence-electron chi connectivity index (χ4n) is 1.32. The molecule has 2 nitrogen and oxygen atoms in total. The van der Waals surface area contributed by atoms with Crippen molar-refractivity contribution in [2.24, 2.45) is 0 Å². The summed E-state index contributed by atoms with van der Waals surface area (Å²) in [5.41, 5.74) is 1.81. The van der Waals surface area contributed by atoms with Crippen LogP contribution in [0.2, 0.25) is 0 Å². The van der Waals surface area contributed by atoms with Crippen molar-refractivity contribution in [1.82, 2.24) is 0 Å². The van der Waals surface area contributed by atoms with Gasteiger partial charge in [-0.05, 0) is 19.1 Å². The maximum absolute atomic E-state index is 5.19. The third-order valence-electron chi connectivity index (χ3n) is 1.90. The number of hydrogen-bond acceptors (Lipinski definition) is 2. The molecule has 2 rings (SSSR count). The lowest BCUT2D eigenvalue weighted by Crippen LogP contribution is -1.82. The third kappa shape index (κ3) is 0.881. The molecular formula is C10H9O2. The van der Waals surface area contributed by atoms with Gasteiger partial charge < -0.3 is 9.15 Å². The zero-order chi connectivity index (χ0) is 8.55. The van der Waals surface area contributed by atoms with Crippen LogP contribution in [0.4, 0.5) is 0 Å². The molecule has 0 aliphatic carbocycles. The van der Waals surface area contributed by atoms with Crippen molar-refractivity contribution in [1.29, 1.82) is 0 Å². The number of rotatable bonds is 1. The zero-order valence-electron chi connectivity index (χ0n) is 7.05. The van der Waals surface area contributed by atoms with Gasteiger partial charge >= 0.3 is 0 Å². The molecule has 0 spiro atoms. The van der Waals surface area contributed by atoms with E-state index in [0.717, 1.165) is 22.3 Å². The molecule has 1 radical (unpaired) electrons. The summed E-state index contributed by atoms with van der Waals surface area (Å²) in [5.74, 6) is 0.843. The van der Waals surface area contributed by atoms with E-state index in [1.807, 2.05) is 25.1 Å². The predicted molar refractivity (Wildman–Crippen MR) is 46.3 cm³/mol. The van der Waals surface area contributed by atoms with Gasteiger partial charge in [-0.1, -0.05) is 6.07 Å². The number of ether oxygens (including phenoxy) is 1. The van der Waals surface area contributed by atoms with Crippen molar-refractivity contribution in [2.75, 3.05) is 7.11 Å². The van der Waals surface area contributed by atoms with Crippen LogP contribution >= 0.6 is 0 Å². The maximum Gasteiger partial charge on any atom is 0.174 e. The molecule has 0 unspecified atom stereocenters. The van der Waals surface area contributed by atoms with Crippen LogP contribution in [0.15, 0.2) is 22.6 Å². The van der Waals surface area contributed by atoms with Crippen LogP contribution in [0.5, 0.6) is 5.75 Å². The second-order valence-corrected chi connectivity index (χ2v) is 2.66. The topological polar surface area (TPSA) is 22.4 Å². The van der Waals surface area contributed by atoms with Crippen molar-refractivity contribution in [3.05, 3.63) is 30.0 Å². The second-order valence-electron chi connectivity index (χ2n) is 2.66. The predicted octanol–water partition coefficient (Wildman–Crippen LogP) is 2.55. The summed E-state index contributed by atoms with van der Waals surface area (Å²) in [4.78, 5) is 0. The average Bonchev–Trinajstić information content (AvgIpc) is 2.48. The van der Waals surface area contributed by atoms with Crippen molar-refractivity contribution >= 4 is 11.0 Å². The number of hydrogen-bond donors (Lipinski definition) is 0. The summed E-state index contributed by atoms with van der Waals surface area (Å²) < 4.78 is 10.4. The fraction of sp³-hybridized carbons (Fsp3) is 0.200. The van der Waals surface area contributed by atoms with Gasteiger partial charge in [0.25, 0.3) is 0 Å². The Balaban J connectivity index is 2.84. The minimum Gasteiger partial charge on any atom is -0.496 e. The lowest BCUT2D eigenvalue weighted by molar-refractivity contribution is 0.419. The van der Waals surface area contributed by atoms with E-state index < -0.39 is 0 Å². The smallest absolute Gasteiger partial charge is 0.174 e. The van der Waals surface area contributed by atoms with Gasteiger partial charge in [-0.25, -0.2) is 0 Å². The molecule has 1 heterocycles. The molecule has 0 fully saturated rings. The average molecular weight is 161 g/mol. The Hall–Kier alpha value is -1.44. The van der Waals surface area contributed by atoms with E-state index in [2.05, 4.69) is 6.26 Å². The first-order chi connectivity index (χ1) is 5.83. The minimum absolute atomic E-state index is 0.826. The van der Waals surface area contributed by atoms with E-state index in [9.17, 15) is 0 Å². The van der Waals surface area contributed by atoms with Crippen LogP contribution in [0, 0.1) is 13.2 Å². The lowest BCUT2D eigenvalue weighted by Gasteiger charge is -1.99. The minimum atomic E-state index is 0.826. The van der Waals surface area contributed by atoms with Crippen molar-refractivity contribution in [3.63, 3.8) is 0 Å². The number of aryl methyl sites for hydroxylation is 1. The van der Waals surface area contributed by atoms with Gasteiger partial charge in [0.2, 0.25) is 0 Å². The molecule has 2 heteroatoms. The molecule has 0 saturated carbocycles. The van der Waals surface area contributed by atoms with E-state index in [-0.39, 0.29) is 0 Å². The molecule has 0 atom stereocenters. The Morgan fingerprint density at radius 3 is 3.00 bits per heavy atom.